The second-order valence-electron chi connectivity index (χ2n) is 14.6. The summed E-state index contributed by atoms with van der Waals surface area (Å²) in [5.41, 5.74) is 0. The minimum Gasteiger partial charge on any atom is -0.462 e. The average molecular weight is 795 g/mol. The Morgan fingerprint density at radius 2 is 1.05 bits per heavy atom. The van der Waals surface area contributed by atoms with Crippen molar-refractivity contribution in [3.63, 3.8) is 0 Å². The van der Waals surface area contributed by atoms with Crippen molar-refractivity contribution in [2.24, 2.45) is 0 Å². The number of alkyl halides is 3. The fraction of sp³-hybridized carbons (Fsp3) is 0.711. The number of carbonyl (C=O) groups excluding carboxylic acids is 3. The molecule has 1 heterocycles. The number of alkyl carbamates (subject to hydrolysis) is 1. The van der Waals surface area contributed by atoms with E-state index in [4.69, 9.17) is 14.2 Å². The fourth-order valence-corrected chi connectivity index (χ4v) is 6.00. The molecule has 0 aliphatic carbocycles. The molecule has 0 saturated carbocycles. The summed E-state index contributed by atoms with van der Waals surface area (Å²) in [6.45, 7) is 2.81. The number of carbonyl (C=O) groups is 3. The number of amides is 1. The van der Waals surface area contributed by atoms with Crippen LogP contribution in [0.4, 0.5) is 18.0 Å². The van der Waals surface area contributed by atoms with Gasteiger partial charge in [0, 0.05) is 25.9 Å². The van der Waals surface area contributed by atoms with Crippen molar-refractivity contribution < 1.29 is 41.8 Å². The standard InChI is InChI=1S/C45H73F3N2O6/c1-3-5-7-9-11-13-15-17-19-21-23-25-27-29-31-33-42(51)54-37-41(56-44(53)49-40-35-50(36-40)39-45(46,47)48)38-55-43(52)34-32-30-28-26-24-22-20-18-16-14-12-10-8-6-4-2/h5,7,11-14,17-20,40-41H,3-4,6,8-10,15-16,21-39H2,1-2H3,(H,49,53)/b7-5-,13-11-,14-12-,19-17-,20-18-. The number of nitrogens with zero attached hydrogens (tertiary/aromatic N) is 1. The van der Waals surface area contributed by atoms with Gasteiger partial charge in [-0.2, -0.15) is 13.2 Å². The monoisotopic (exact) mass is 795 g/mol. The van der Waals surface area contributed by atoms with Crippen molar-refractivity contribution in [3.8, 4) is 0 Å². The lowest BCUT2D eigenvalue weighted by atomic mass is 10.1. The molecule has 0 radical (unpaired) electrons. The molecule has 11 heteroatoms. The molecule has 0 aromatic rings. The molecule has 1 rings (SSSR count). The number of esters is 2. The number of unbranched alkanes of at least 4 members (excludes halogenated alkanes) is 13. The highest BCUT2D eigenvalue weighted by Crippen LogP contribution is 2.20. The van der Waals surface area contributed by atoms with Crippen LogP contribution in [0.3, 0.4) is 0 Å². The topological polar surface area (TPSA) is 94.2 Å². The SMILES string of the molecule is CC/C=C\C/C=C\C/C=C\CCCCCCCC(=O)OCC(COC(=O)CCCCCCC/C=C\C/C=C\CCCCC)OC(=O)NC1CN(CC(F)(F)F)C1. The third-order valence-corrected chi connectivity index (χ3v) is 9.18. The van der Waals surface area contributed by atoms with Crippen LogP contribution in [0.2, 0.25) is 0 Å². The Bertz CT molecular complexity index is 1160. The van der Waals surface area contributed by atoms with Gasteiger partial charge in [0.15, 0.2) is 6.10 Å². The molecular weight excluding hydrogens is 721 g/mol. The highest BCUT2D eigenvalue weighted by Gasteiger charge is 2.38. The molecule has 0 aromatic carbocycles. The van der Waals surface area contributed by atoms with Crippen LogP contribution in [-0.4, -0.2) is 74.1 Å². The molecule has 1 aliphatic rings. The fourth-order valence-electron chi connectivity index (χ4n) is 6.00. The summed E-state index contributed by atoms with van der Waals surface area (Å²) in [5.74, 6) is -0.862. The molecule has 56 heavy (non-hydrogen) atoms. The Kier molecular flexibility index (Phi) is 31.6. The average Bonchev–Trinajstić information content (AvgIpc) is 3.14. The molecule has 1 saturated heterocycles. The Morgan fingerprint density at radius 3 is 1.52 bits per heavy atom. The predicted octanol–water partition coefficient (Wildman–Crippen LogP) is 11.8. The van der Waals surface area contributed by atoms with Crippen LogP contribution in [0, 0.1) is 0 Å². The van der Waals surface area contributed by atoms with Crippen molar-refractivity contribution >= 4 is 18.0 Å². The van der Waals surface area contributed by atoms with Crippen molar-refractivity contribution in [1.82, 2.24) is 10.2 Å². The van der Waals surface area contributed by atoms with Gasteiger partial charge >= 0.3 is 24.2 Å². The van der Waals surface area contributed by atoms with E-state index >= 15 is 0 Å². The van der Waals surface area contributed by atoms with Gasteiger partial charge in [0.2, 0.25) is 0 Å². The van der Waals surface area contributed by atoms with Crippen LogP contribution in [0.25, 0.3) is 0 Å². The van der Waals surface area contributed by atoms with Crippen LogP contribution in [-0.2, 0) is 23.8 Å². The van der Waals surface area contributed by atoms with E-state index < -0.39 is 42.9 Å². The lowest BCUT2D eigenvalue weighted by Crippen LogP contribution is -2.61. The van der Waals surface area contributed by atoms with E-state index in [-0.39, 0.29) is 39.1 Å². The van der Waals surface area contributed by atoms with Gasteiger partial charge in [-0.25, -0.2) is 4.79 Å². The number of ether oxygens (including phenoxy) is 3. The Balaban J connectivity index is 2.31. The zero-order valence-corrected chi connectivity index (χ0v) is 34.6. The minimum atomic E-state index is -4.31. The van der Waals surface area contributed by atoms with Gasteiger partial charge in [-0.1, -0.05) is 126 Å². The zero-order valence-electron chi connectivity index (χ0n) is 34.6. The number of hydrogen-bond donors (Lipinski definition) is 1. The molecule has 1 fully saturated rings. The predicted molar refractivity (Wildman–Crippen MR) is 220 cm³/mol. The normalized spacial score (nSPS) is 14.7. The molecule has 320 valence electrons. The number of rotatable bonds is 34. The third-order valence-electron chi connectivity index (χ3n) is 9.18. The molecule has 8 nitrogen and oxygen atoms in total. The van der Waals surface area contributed by atoms with Gasteiger partial charge < -0.3 is 19.5 Å². The Labute approximate surface area is 336 Å². The number of nitrogens with one attached hydrogen (secondary N) is 1. The third kappa shape index (κ3) is 32.9. The lowest BCUT2D eigenvalue weighted by Gasteiger charge is -2.39. The molecule has 0 aromatic heterocycles. The summed E-state index contributed by atoms with van der Waals surface area (Å²) in [7, 11) is 0. The van der Waals surface area contributed by atoms with Crippen LogP contribution < -0.4 is 5.32 Å². The van der Waals surface area contributed by atoms with Crippen molar-refractivity contribution in [3.05, 3.63) is 60.8 Å². The van der Waals surface area contributed by atoms with Crippen LogP contribution >= 0.6 is 0 Å². The quantitative estimate of drug-likeness (QED) is 0.0300. The number of likely N-dealkylation sites (tertiary alicyclic amines) is 1. The van der Waals surface area contributed by atoms with E-state index in [2.05, 4.69) is 79.9 Å². The summed E-state index contributed by atoms with van der Waals surface area (Å²) in [6, 6.07) is -0.495. The zero-order chi connectivity index (χ0) is 41.0. The lowest BCUT2D eigenvalue weighted by molar-refractivity contribution is -0.156. The van der Waals surface area contributed by atoms with Gasteiger partial charge in [-0.05, 0) is 77.0 Å². The second kappa shape index (κ2) is 34.9. The highest BCUT2D eigenvalue weighted by molar-refractivity contribution is 5.70. The maximum Gasteiger partial charge on any atom is 0.407 e. The summed E-state index contributed by atoms with van der Waals surface area (Å²) in [6.07, 6.45) is 36.9. The van der Waals surface area contributed by atoms with E-state index in [0.717, 1.165) is 96.3 Å². The molecule has 1 unspecified atom stereocenters. The summed E-state index contributed by atoms with van der Waals surface area (Å²) in [5, 5.41) is 2.54. The van der Waals surface area contributed by atoms with Crippen molar-refractivity contribution in [2.75, 3.05) is 32.8 Å². The molecule has 1 amide bonds. The maximum atomic E-state index is 12.6. The largest absolute Gasteiger partial charge is 0.462 e. The van der Waals surface area contributed by atoms with E-state index in [1.165, 1.54) is 24.2 Å². The summed E-state index contributed by atoms with van der Waals surface area (Å²) in [4.78, 5) is 38.6. The maximum absolute atomic E-state index is 12.6. The Hall–Kier alpha value is -3.34. The van der Waals surface area contributed by atoms with E-state index in [9.17, 15) is 27.6 Å². The van der Waals surface area contributed by atoms with E-state index in [1.807, 2.05) is 0 Å². The van der Waals surface area contributed by atoms with E-state index in [0.29, 0.717) is 12.8 Å². The molecule has 0 bridgehead atoms. The van der Waals surface area contributed by atoms with Crippen LogP contribution in [0.5, 0.6) is 0 Å². The summed E-state index contributed by atoms with van der Waals surface area (Å²) < 4.78 is 54.0. The first-order valence-electron chi connectivity index (χ1n) is 21.4. The van der Waals surface area contributed by atoms with E-state index in [1.54, 1.807) is 0 Å². The Morgan fingerprint density at radius 1 is 0.625 bits per heavy atom. The molecule has 1 N–H and O–H groups in total. The molecular formula is C45H73F3N2O6. The van der Waals surface area contributed by atoms with Gasteiger partial charge in [0.25, 0.3) is 0 Å². The first-order valence-corrected chi connectivity index (χ1v) is 21.4. The number of allylic oxidation sites excluding steroid dienone is 10. The van der Waals surface area contributed by atoms with Crippen molar-refractivity contribution in [1.29, 1.82) is 0 Å². The first-order chi connectivity index (χ1) is 27.1. The highest BCUT2D eigenvalue weighted by atomic mass is 19.4. The smallest absolute Gasteiger partial charge is 0.407 e. The number of hydrogen-bond acceptors (Lipinski definition) is 7. The molecule has 1 aliphatic heterocycles. The molecule has 0 spiro atoms. The molecule has 1 atom stereocenters. The van der Waals surface area contributed by atoms with Crippen LogP contribution in [0.1, 0.15) is 155 Å². The van der Waals surface area contributed by atoms with Gasteiger partial charge in [-0.3, -0.25) is 14.5 Å². The van der Waals surface area contributed by atoms with Gasteiger partial charge in [0.05, 0.1) is 12.6 Å². The first kappa shape index (κ1) is 50.7. The minimum absolute atomic E-state index is 0.0442. The van der Waals surface area contributed by atoms with Crippen molar-refractivity contribution in [2.45, 2.75) is 173 Å². The second-order valence-corrected chi connectivity index (χ2v) is 14.6. The summed E-state index contributed by atoms with van der Waals surface area (Å²) >= 11 is 0. The van der Waals surface area contributed by atoms with Gasteiger partial charge in [0.1, 0.15) is 13.2 Å². The van der Waals surface area contributed by atoms with Crippen LogP contribution in [0.15, 0.2) is 60.8 Å². The number of halogens is 3. The van der Waals surface area contributed by atoms with Gasteiger partial charge in [-0.15, -0.1) is 0 Å².